The van der Waals surface area contributed by atoms with Gasteiger partial charge in [-0.3, -0.25) is 0 Å². The second kappa shape index (κ2) is 6.08. The van der Waals surface area contributed by atoms with Gasteiger partial charge in [-0.25, -0.2) is 15.0 Å². The molecule has 0 bridgehead atoms. The maximum Gasteiger partial charge on any atom is 0.132 e. The summed E-state index contributed by atoms with van der Waals surface area (Å²) in [5, 5.41) is 3.11. The van der Waals surface area contributed by atoms with Crippen molar-refractivity contribution in [2.45, 2.75) is 25.7 Å². The first-order valence-corrected chi connectivity index (χ1v) is 7.44. The van der Waals surface area contributed by atoms with Gasteiger partial charge in [0.2, 0.25) is 0 Å². The van der Waals surface area contributed by atoms with Crippen LogP contribution >= 0.6 is 0 Å². The Morgan fingerprint density at radius 3 is 2.90 bits per heavy atom. The van der Waals surface area contributed by atoms with Gasteiger partial charge < -0.3 is 10.2 Å². The number of nitrogens with one attached hydrogen (secondary N) is 1. The predicted molar refractivity (Wildman–Crippen MR) is 84.7 cm³/mol. The van der Waals surface area contributed by atoms with E-state index < -0.39 is 0 Å². The number of aromatic nitrogens is 3. The maximum atomic E-state index is 4.55. The summed E-state index contributed by atoms with van der Waals surface area (Å²) in [4.78, 5) is 15.4. The smallest absolute Gasteiger partial charge is 0.132 e. The standard InChI is InChI=1S/C16H21N5/c1-12-18-8-6-16(20-12)21-9-3-4-14(11-21)13-5-7-19-15(10-13)17-2/h5-8,10,14H,3-4,9,11H2,1-2H3,(H,17,19)/t14-/m0/s1. The molecule has 0 aromatic carbocycles. The van der Waals surface area contributed by atoms with Crippen molar-refractivity contribution in [3.05, 3.63) is 42.0 Å². The van der Waals surface area contributed by atoms with Gasteiger partial charge in [-0.15, -0.1) is 0 Å². The normalized spacial score (nSPS) is 18.6. The summed E-state index contributed by atoms with van der Waals surface area (Å²) in [6.45, 7) is 4.01. The molecule has 1 aliphatic heterocycles. The molecule has 0 aliphatic carbocycles. The molecule has 1 N–H and O–H groups in total. The molecule has 2 aromatic heterocycles. The van der Waals surface area contributed by atoms with E-state index in [0.29, 0.717) is 5.92 Å². The molecular formula is C16H21N5. The van der Waals surface area contributed by atoms with Crippen LogP contribution in [0, 0.1) is 6.92 Å². The van der Waals surface area contributed by atoms with Gasteiger partial charge in [0.15, 0.2) is 0 Å². The number of nitrogens with zero attached hydrogens (tertiary/aromatic N) is 4. The molecule has 5 heteroatoms. The van der Waals surface area contributed by atoms with E-state index in [1.54, 1.807) is 0 Å². The number of hydrogen-bond acceptors (Lipinski definition) is 5. The molecule has 2 aromatic rings. The number of pyridine rings is 1. The molecule has 0 spiro atoms. The third-order valence-corrected chi connectivity index (χ3v) is 4.02. The lowest BCUT2D eigenvalue weighted by Crippen LogP contribution is -2.35. The van der Waals surface area contributed by atoms with Crippen molar-refractivity contribution >= 4 is 11.6 Å². The van der Waals surface area contributed by atoms with Gasteiger partial charge in [-0.2, -0.15) is 0 Å². The Hall–Kier alpha value is -2.17. The summed E-state index contributed by atoms with van der Waals surface area (Å²) < 4.78 is 0. The van der Waals surface area contributed by atoms with Gasteiger partial charge >= 0.3 is 0 Å². The highest BCUT2D eigenvalue weighted by Gasteiger charge is 2.22. The van der Waals surface area contributed by atoms with E-state index >= 15 is 0 Å². The highest BCUT2D eigenvalue weighted by Crippen LogP contribution is 2.29. The first-order chi connectivity index (χ1) is 10.3. The number of aryl methyl sites for hydroxylation is 1. The first-order valence-electron chi connectivity index (χ1n) is 7.44. The minimum absolute atomic E-state index is 0.532. The zero-order valence-electron chi connectivity index (χ0n) is 12.6. The van der Waals surface area contributed by atoms with Crippen LogP contribution in [0.1, 0.15) is 30.1 Å². The summed E-state index contributed by atoms with van der Waals surface area (Å²) in [5.41, 5.74) is 1.35. The lowest BCUT2D eigenvalue weighted by atomic mass is 9.91. The molecule has 21 heavy (non-hydrogen) atoms. The molecule has 3 heterocycles. The van der Waals surface area contributed by atoms with Crippen LogP contribution in [0.4, 0.5) is 11.6 Å². The van der Waals surface area contributed by atoms with E-state index in [-0.39, 0.29) is 0 Å². The zero-order valence-corrected chi connectivity index (χ0v) is 12.6. The Bertz CT molecular complexity index is 613. The quantitative estimate of drug-likeness (QED) is 0.938. The highest BCUT2D eigenvalue weighted by molar-refractivity contribution is 5.42. The molecule has 0 saturated carbocycles. The van der Waals surface area contributed by atoms with E-state index in [1.807, 2.05) is 32.4 Å². The number of hydrogen-bond donors (Lipinski definition) is 1. The average molecular weight is 283 g/mol. The fourth-order valence-electron chi connectivity index (χ4n) is 2.91. The van der Waals surface area contributed by atoms with E-state index in [1.165, 1.54) is 18.4 Å². The van der Waals surface area contributed by atoms with Gasteiger partial charge in [0.1, 0.15) is 17.5 Å². The van der Waals surface area contributed by atoms with Crippen LogP contribution in [0.2, 0.25) is 0 Å². The molecule has 110 valence electrons. The van der Waals surface area contributed by atoms with Gasteiger partial charge in [0, 0.05) is 38.4 Å². The van der Waals surface area contributed by atoms with Gasteiger partial charge in [0.25, 0.3) is 0 Å². The summed E-state index contributed by atoms with van der Waals surface area (Å²) in [5.74, 6) is 3.33. The average Bonchev–Trinajstić information content (AvgIpc) is 2.55. The van der Waals surface area contributed by atoms with Crippen molar-refractivity contribution in [2.24, 2.45) is 0 Å². The van der Waals surface area contributed by atoms with Crippen LogP contribution in [0.15, 0.2) is 30.6 Å². The van der Waals surface area contributed by atoms with Gasteiger partial charge in [-0.1, -0.05) is 0 Å². The van der Waals surface area contributed by atoms with Crippen molar-refractivity contribution in [2.75, 3.05) is 30.4 Å². The van der Waals surface area contributed by atoms with Crippen molar-refractivity contribution in [3.8, 4) is 0 Å². The number of rotatable bonds is 3. The predicted octanol–water partition coefficient (Wildman–Crippen LogP) is 2.61. The first kappa shape index (κ1) is 13.8. The van der Waals surface area contributed by atoms with Crippen LogP contribution in [0.3, 0.4) is 0 Å². The molecule has 1 aliphatic rings. The summed E-state index contributed by atoms with van der Waals surface area (Å²) in [7, 11) is 1.91. The molecule has 1 atom stereocenters. The molecule has 1 saturated heterocycles. The molecule has 0 unspecified atom stereocenters. The van der Waals surface area contributed by atoms with E-state index in [4.69, 9.17) is 0 Å². The van der Waals surface area contributed by atoms with Crippen LogP contribution in [-0.4, -0.2) is 35.1 Å². The Kier molecular flexibility index (Phi) is 3.99. The topological polar surface area (TPSA) is 53.9 Å². The highest BCUT2D eigenvalue weighted by atomic mass is 15.2. The Labute approximate surface area is 125 Å². The van der Waals surface area contributed by atoms with E-state index in [9.17, 15) is 0 Å². The monoisotopic (exact) mass is 283 g/mol. The second-order valence-corrected chi connectivity index (χ2v) is 5.47. The second-order valence-electron chi connectivity index (χ2n) is 5.47. The van der Waals surface area contributed by atoms with Gasteiger partial charge in [-0.05, 0) is 43.5 Å². The Morgan fingerprint density at radius 1 is 1.24 bits per heavy atom. The SMILES string of the molecule is CNc1cc([C@H]2CCCN(c3ccnc(C)n3)C2)ccn1. The summed E-state index contributed by atoms with van der Waals surface area (Å²) in [6, 6.07) is 6.28. The lowest BCUT2D eigenvalue weighted by molar-refractivity contribution is 0.506. The molecule has 3 rings (SSSR count). The minimum Gasteiger partial charge on any atom is -0.373 e. The summed E-state index contributed by atoms with van der Waals surface area (Å²) >= 11 is 0. The van der Waals surface area contributed by atoms with Crippen LogP contribution in [0.25, 0.3) is 0 Å². The van der Waals surface area contributed by atoms with Crippen molar-refractivity contribution < 1.29 is 0 Å². The maximum absolute atomic E-state index is 4.55. The van der Waals surface area contributed by atoms with Crippen molar-refractivity contribution in [1.82, 2.24) is 15.0 Å². The Morgan fingerprint density at radius 2 is 2.10 bits per heavy atom. The zero-order chi connectivity index (χ0) is 14.7. The van der Waals surface area contributed by atoms with Crippen molar-refractivity contribution in [1.29, 1.82) is 0 Å². The van der Waals surface area contributed by atoms with E-state index in [2.05, 4.69) is 37.3 Å². The molecule has 5 nitrogen and oxygen atoms in total. The Balaban J connectivity index is 1.79. The largest absolute Gasteiger partial charge is 0.373 e. The summed E-state index contributed by atoms with van der Waals surface area (Å²) in [6.07, 6.45) is 6.13. The fourth-order valence-corrected chi connectivity index (χ4v) is 2.91. The molecule has 1 fully saturated rings. The minimum atomic E-state index is 0.532. The van der Waals surface area contributed by atoms with Crippen LogP contribution in [-0.2, 0) is 0 Å². The van der Waals surface area contributed by atoms with E-state index in [0.717, 1.165) is 30.5 Å². The molecule has 0 amide bonds. The third kappa shape index (κ3) is 3.12. The van der Waals surface area contributed by atoms with Crippen LogP contribution in [0.5, 0.6) is 0 Å². The van der Waals surface area contributed by atoms with Crippen molar-refractivity contribution in [3.63, 3.8) is 0 Å². The lowest BCUT2D eigenvalue weighted by Gasteiger charge is -2.34. The third-order valence-electron chi connectivity index (χ3n) is 4.02. The van der Waals surface area contributed by atoms with Gasteiger partial charge in [0.05, 0.1) is 0 Å². The number of piperidine rings is 1. The molecule has 0 radical (unpaired) electrons. The number of anilines is 2. The fraction of sp³-hybridized carbons (Fsp3) is 0.438. The molecular weight excluding hydrogens is 262 g/mol. The van der Waals surface area contributed by atoms with Crippen LogP contribution < -0.4 is 10.2 Å².